The van der Waals surface area contributed by atoms with Gasteiger partial charge < -0.3 is 4.74 Å². The van der Waals surface area contributed by atoms with E-state index in [-0.39, 0.29) is 12.3 Å². The molecule has 2 aromatic carbocycles. The lowest BCUT2D eigenvalue weighted by atomic mass is 10.1. The molecule has 0 unspecified atom stereocenters. The van der Waals surface area contributed by atoms with Crippen LogP contribution >= 0.6 is 0 Å². The summed E-state index contributed by atoms with van der Waals surface area (Å²) in [5.41, 5.74) is 0.976. The monoisotopic (exact) mass is 360 g/mol. The predicted octanol–water partition coefficient (Wildman–Crippen LogP) is 1.73. The summed E-state index contributed by atoms with van der Waals surface area (Å²) in [6, 6.07) is 12.8. The fourth-order valence-electron chi connectivity index (χ4n) is 2.54. The molecule has 2 aromatic rings. The first kappa shape index (κ1) is 17.0. The highest BCUT2D eigenvalue weighted by molar-refractivity contribution is 7.92. The number of hydrogen-bond acceptors (Lipinski definition) is 5. The number of rotatable bonds is 6. The van der Waals surface area contributed by atoms with Crippen molar-refractivity contribution in [1.82, 2.24) is 4.90 Å². The van der Waals surface area contributed by atoms with Gasteiger partial charge in [-0.25, -0.2) is 8.42 Å². The van der Waals surface area contributed by atoms with Crippen molar-refractivity contribution in [3.05, 3.63) is 59.7 Å². The van der Waals surface area contributed by atoms with Crippen LogP contribution in [0.15, 0.2) is 48.5 Å². The van der Waals surface area contributed by atoms with Gasteiger partial charge in [0, 0.05) is 12.2 Å². The third-order valence-electron chi connectivity index (χ3n) is 3.83. The summed E-state index contributed by atoms with van der Waals surface area (Å²) in [6.45, 7) is -0.210. The Kier molecular flexibility index (Phi) is 4.45. The highest BCUT2D eigenvalue weighted by atomic mass is 32.2. The minimum Gasteiger partial charge on any atom is -0.497 e. The first-order valence-electron chi connectivity index (χ1n) is 7.51. The Labute approximate surface area is 145 Å². The topological polar surface area (TPSA) is 92.8 Å². The lowest BCUT2D eigenvalue weighted by molar-refractivity contribution is 0.0664. The number of hydrogen-bond donors (Lipinski definition) is 1. The van der Waals surface area contributed by atoms with E-state index in [4.69, 9.17) is 4.74 Å². The summed E-state index contributed by atoms with van der Waals surface area (Å²) < 4.78 is 31.8. The first-order chi connectivity index (χ1) is 11.9. The van der Waals surface area contributed by atoms with Crippen LogP contribution in [0.1, 0.15) is 20.7 Å². The van der Waals surface area contributed by atoms with Crippen LogP contribution in [0, 0.1) is 0 Å². The Bertz CT molecular complexity index is 887. The third-order valence-corrected chi connectivity index (χ3v) is 5.09. The molecule has 0 aromatic heterocycles. The van der Waals surface area contributed by atoms with E-state index in [1.165, 1.54) is 7.11 Å². The molecule has 1 N–H and O–H groups in total. The van der Waals surface area contributed by atoms with Crippen LogP contribution in [0.3, 0.4) is 0 Å². The van der Waals surface area contributed by atoms with E-state index in [9.17, 15) is 18.0 Å². The average molecular weight is 360 g/mol. The van der Waals surface area contributed by atoms with Crippen molar-refractivity contribution in [2.24, 2.45) is 0 Å². The van der Waals surface area contributed by atoms with Crippen molar-refractivity contribution in [2.75, 3.05) is 24.1 Å². The number of carbonyl (C=O) groups excluding carboxylic acids is 2. The summed E-state index contributed by atoms with van der Waals surface area (Å²) in [6.07, 6.45) is 0. The van der Waals surface area contributed by atoms with Crippen molar-refractivity contribution in [1.29, 1.82) is 0 Å². The van der Waals surface area contributed by atoms with Gasteiger partial charge in [-0.3, -0.25) is 19.2 Å². The van der Waals surface area contributed by atoms with Gasteiger partial charge in [0.1, 0.15) is 5.75 Å². The number of nitrogens with one attached hydrogen (secondary N) is 1. The Hall–Kier alpha value is -2.87. The third kappa shape index (κ3) is 3.48. The lowest BCUT2D eigenvalue weighted by Gasteiger charge is -2.14. The molecule has 25 heavy (non-hydrogen) atoms. The Balaban J connectivity index is 1.66. The SMILES string of the molecule is COc1ccc(NS(=O)(=O)CCN2C(=O)c3ccccc3C2=O)cc1. The van der Waals surface area contributed by atoms with E-state index in [0.717, 1.165) is 4.90 Å². The average Bonchev–Trinajstić information content (AvgIpc) is 2.85. The maximum Gasteiger partial charge on any atom is 0.261 e. The van der Waals surface area contributed by atoms with Gasteiger partial charge in [0.15, 0.2) is 0 Å². The van der Waals surface area contributed by atoms with E-state index >= 15 is 0 Å². The van der Waals surface area contributed by atoms with Crippen molar-refractivity contribution in [3.8, 4) is 5.75 Å². The number of fused-ring (bicyclic) bond motifs is 1. The number of ether oxygens (including phenoxy) is 1. The van der Waals surface area contributed by atoms with Crippen LogP contribution in [0.4, 0.5) is 5.69 Å². The molecule has 130 valence electrons. The first-order valence-corrected chi connectivity index (χ1v) is 9.16. The largest absolute Gasteiger partial charge is 0.497 e. The molecule has 0 atom stereocenters. The molecule has 1 heterocycles. The highest BCUT2D eigenvalue weighted by Crippen LogP contribution is 2.22. The van der Waals surface area contributed by atoms with Gasteiger partial charge in [0.05, 0.1) is 24.0 Å². The number of sulfonamides is 1. The van der Waals surface area contributed by atoms with Crippen LogP contribution in [0.5, 0.6) is 5.75 Å². The van der Waals surface area contributed by atoms with Crippen molar-refractivity contribution >= 4 is 27.5 Å². The maximum absolute atomic E-state index is 12.2. The normalized spacial score (nSPS) is 13.7. The molecule has 0 spiro atoms. The van der Waals surface area contributed by atoms with Crippen LogP contribution < -0.4 is 9.46 Å². The fourth-order valence-corrected chi connectivity index (χ4v) is 3.56. The van der Waals surface area contributed by atoms with E-state index in [1.807, 2.05) is 0 Å². The number of amides is 2. The summed E-state index contributed by atoms with van der Waals surface area (Å²) in [4.78, 5) is 25.4. The number of methoxy groups -OCH3 is 1. The minimum atomic E-state index is -3.71. The van der Waals surface area contributed by atoms with Gasteiger partial charge in [-0.05, 0) is 36.4 Å². The molecule has 1 aliphatic heterocycles. The van der Waals surface area contributed by atoms with Gasteiger partial charge in [-0.2, -0.15) is 0 Å². The maximum atomic E-state index is 12.2. The van der Waals surface area contributed by atoms with E-state index < -0.39 is 21.8 Å². The van der Waals surface area contributed by atoms with E-state index in [1.54, 1.807) is 48.5 Å². The van der Waals surface area contributed by atoms with Gasteiger partial charge in [-0.1, -0.05) is 12.1 Å². The molecular weight excluding hydrogens is 344 g/mol. The van der Waals surface area contributed by atoms with E-state index in [0.29, 0.717) is 22.6 Å². The van der Waals surface area contributed by atoms with Crippen LogP contribution in [0.2, 0.25) is 0 Å². The number of imide groups is 1. The predicted molar refractivity (Wildman–Crippen MR) is 92.2 cm³/mol. The van der Waals surface area contributed by atoms with Crippen LogP contribution in [-0.2, 0) is 10.0 Å². The molecule has 0 saturated carbocycles. The molecule has 0 radical (unpaired) electrons. The summed E-state index contributed by atoms with van der Waals surface area (Å²) in [5, 5.41) is 0. The minimum absolute atomic E-state index is 0.210. The zero-order valence-electron chi connectivity index (χ0n) is 13.4. The van der Waals surface area contributed by atoms with Crippen LogP contribution in [-0.4, -0.2) is 44.5 Å². The molecule has 0 aliphatic carbocycles. The quantitative estimate of drug-likeness (QED) is 0.792. The van der Waals surface area contributed by atoms with Gasteiger partial charge in [0.2, 0.25) is 10.0 Å². The van der Waals surface area contributed by atoms with Crippen molar-refractivity contribution < 1.29 is 22.7 Å². The summed E-state index contributed by atoms with van der Waals surface area (Å²) in [7, 11) is -2.20. The number of benzene rings is 2. The van der Waals surface area contributed by atoms with Crippen molar-refractivity contribution in [2.45, 2.75) is 0 Å². The zero-order valence-corrected chi connectivity index (χ0v) is 14.2. The molecular formula is C17H16N2O5S. The molecule has 0 bridgehead atoms. The second-order valence-corrected chi connectivity index (χ2v) is 7.30. The second kappa shape index (κ2) is 6.56. The Morgan fingerprint density at radius 1 is 0.960 bits per heavy atom. The smallest absolute Gasteiger partial charge is 0.261 e. The summed E-state index contributed by atoms with van der Waals surface area (Å²) in [5.74, 6) is -0.723. The van der Waals surface area contributed by atoms with Crippen molar-refractivity contribution in [3.63, 3.8) is 0 Å². The molecule has 3 rings (SSSR count). The standard InChI is InChI=1S/C17H16N2O5S/c1-24-13-8-6-12(7-9-13)18-25(22,23)11-10-19-16(20)14-4-2-3-5-15(14)17(19)21/h2-9,18H,10-11H2,1H3. The van der Waals surface area contributed by atoms with Gasteiger partial charge in [0.25, 0.3) is 11.8 Å². The molecule has 2 amide bonds. The van der Waals surface area contributed by atoms with Gasteiger partial charge in [-0.15, -0.1) is 0 Å². The molecule has 0 fully saturated rings. The fraction of sp³-hybridized carbons (Fsp3) is 0.176. The zero-order chi connectivity index (χ0) is 18.0. The number of carbonyl (C=O) groups is 2. The van der Waals surface area contributed by atoms with Crippen LogP contribution in [0.25, 0.3) is 0 Å². The lowest BCUT2D eigenvalue weighted by Crippen LogP contribution is -2.35. The highest BCUT2D eigenvalue weighted by Gasteiger charge is 2.35. The number of nitrogens with zero attached hydrogens (tertiary/aromatic N) is 1. The second-order valence-electron chi connectivity index (χ2n) is 5.46. The van der Waals surface area contributed by atoms with E-state index in [2.05, 4.69) is 4.72 Å². The van der Waals surface area contributed by atoms with Gasteiger partial charge >= 0.3 is 0 Å². The number of anilines is 1. The molecule has 1 aliphatic rings. The Morgan fingerprint density at radius 3 is 2.04 bits per heavy atom. The molecule has 8 heteroatoms. The Morgan fingerprint density at radius 2 is 1.52 bits per heavy atom. The summed E-state index contributed by atoms with van der Waals surface area (Å²) >= 11 is 0. The molecule has 0 saturated heterocycles. The molecule has 7 nitrogen and oxygen atoms in total.